The number of amides is 5. The fourth-order valence-corrected chi connectivity index (χ4v) is 4.11. The van der Waals surface area contributed by atoms with Crippen LogP contribution in [0.3, 0.4) is 0 Å². The molecule has 190 valence electrons. The molecule has 1 aromatic carbocycles. The van der Waals surface area contributed by atoms with Crippen molar-refractivity contribution in [2.45, 2.75) is 59.1 Å². The standard InChI is InChI=1S/C25H34N4O6/c1-24(2,3)29-21(32)17-9-8-16(14-18(17)22(29)33)20(31)28-11-7-10-27(12-13-28)19(30)15-26-23(34)35-25(4,5)6/h8-9,14H,7,10-13,15H2,1-6H3,(H,26,34). The van der Waals surface area contributed by atoms with Crippen molar-refractivity contribution in [1.82, 2.24) is 20.0 Å². The van der Waals surface area contributed by atoms with E-state index in [0.717, 1.165) is 0 Å². The summed E-state index contributed by atoms with van der Waals surface area (Å²) in [5.41, 5.74) is -0.470. The molecule has 5 amide bonds. The topological polar surface area (TPSA) is 116 Å². The predicted molar refractivity (Wildman–Crippen MR) is 128 cm³/mol. The van der Waals surface area contributed by atoms with Crippen LogP contribution in [0.4, 0.5) is 4.79 Å². The van der Waals surface area contributed by atoms with Gasteiger partial charge in [0, 0.05) is 37.3 Å². The van der Waals surface area contributed by atoms with E-state index in [1.165, 1.54) is 17.0 Å². The third-order valence-corrected chi connectivity index (χ3v) is 5.72. The number of benzene rings is 1. The Morgan fingerprint density at radius 2 is 1.49 bits per heavy atom. The molecule has 0 spiro atoms. The van der Waals surface area contributed by atoms with Crippen molar-refractivity contribution in [3.05, 3.63) is 34.9 Å². The maximum Gasteiger partial charge on any atom is 0.408 e. The van der Waals surface area contributed by atoms with E-state index in [1.54, 1.807) is 57.4 Å². The molecule has 2 aliphatic rings. The second-order valence-electron chi connectivity index (χ2n) is 10.8. The molecule has 10 heteroatoms. The van der Waals surface area contributed by atoms with Crippen molar-refractivity contribution in [3.63, 3.8) is 0 Å². The van der Waals surface area contributed by atoms with E-state index >= 15 is 0 Å². The SMILES string of the molecule is CC(C)(C)OC(=O)NCC(=O)N1CCCN(C(=O)c2ccc3c(c2)C(=O)N(C(C)(C)C)C3=O)CC1. The van der Waals surface area contributed by atoms with Gasteiger partial charge in [-0.15, -0.1) is 0 Å². The number of ether oxygens (including phenoxy) is 1. The lowest BCUT2D eigenvalue weighted by Crippen LogP contribution is -2.45. The monoisotopic (exact) mass is 486 g/mol. The summed E-state index contributed by atoms with van der Waals surface area (Å²) >= 11 is 0. The highest BCUT2D eigenvalue weighted by Crippen LogP contribution is 2.30. The molecular formula is C25H34N4O6. The molecule has 10 nitrogen and oxygen atoms in total. The van der Waals surface area contributed by atoms with Gasteiger partial charge in [-0.1, -0.05) is 0 Å². The van der Waals surface area contributed by atoms with Gasteiger partial charge in [0.1, 0.15) is 12.1 Å². The van der Waals surface area contributed by atoms with E-state index in [2.05, 4.69) is 5.32 Å². The van der Waals surface area contributed by atoms with Crippen molar-refractivity contribution >= 4 is 29.7 Å². The minimum atomic E-state index is -0.670. The first-order chi connectivity index (χ1) is 16.2. The highest BCUT2D eigenvalue weighted by Gasteiger charge is 2.42. The van der Waals surface area contributed by atoms with Crippen LogP contribution in [0.5, 0.6) is 0 Å². The Hall–Kier alpha value is -3.43. The molecule has 1 N–H and O–H groups in total. The zero-order valence-corrected chi connectivity index (χ0v) is 21.3. The van der Waals surface area contributed by atoms with E-state index in [1.807, 2.05) is 0 Å². The van der Waals surface area contributed by atoms with Gasteiger partial charge in [0.05, 0.1) is 11.1 Å². The Labute approximate surface area is 205 Å². The van der Waals surface area contributed by atoms with Crippen molar-refractivity contribution in [2.75, 3.05) is 32.7 Å². The van der Waals surface area contributed by atoms with Crippen LogP contribution in [-0.2, 0) is 9.53 Å². The van der Waals surface area contributed by atoms with Gasteiger partial charge in [-0.25, -0.2) is 4.79 Å². The van der Waals surface area contributed by atoms with Gasteiger partial charge in [0.25, 0.3) is 17.7 Å². The molecule has 35 heavy (non-hydrogen) atoms. The van der Waals surface area contributed by atoms with E-state index in [4.69, 9.17) is 4.74 Å². The maximum absolute atomic E-state index is 13.2. The zero-order valence-electron chi connectivity index (χ0n) is 21.3. The van der Waals surface area contributed by atoms with Crippen LogP contribution in [0.1, 0.15) is 79.0 Å². The Balaban J connectivity index is 1.62. The van der Waals surface area contributed by atoms with Gasteiger partial charge in [-0.2, -0.15) is 0 Å². The number of nitrogens with one attached hydrogen (secondary N) is 1. The number of alkyl carbamates (subject to hydrolysis) is 1. The molecule has 0 radical (unpaired) electrons. The fourth-order valence-electron chi connectivity index (χ4n) is 4.11. The summed E-state index contributed by atoms with van der Waals surface area (Å²) in [5.74, 6) is -1.28. The summed E-state index contributed by atoms with van der Waals surface area (Å²) < 4.78 is 5.15. The third-order valence-electron chi connectivity index (χ3n) is 5.72. The Bertz CT molecular complexity index is 1050. The number of carbonyl (C=O) groups is 5. The Kier molecular flexibility index (Phi) is 7.23. The largest absolute Gasteiger partial charge is 0.444 e. The molecule has 0 atom stereocenters. The van der Waals surface area contributed by atoms with Crippen LogP contribution in [0.15, 0.2) is 18.2 Å². The van der Waals surface area contributed by atoms with Crippen LogP contribution in [-0.4, -0.2) is 88.3 Å². The highest BCUT2D eigenvalue weighted by molar-refractivity contribution is 6.22. The quantitative estimate of drug-likeness (QED) is 0.656. The van der Waals surface area contributed by atoms with Crippen LogP contribution >= 0.6 is 0 Å². The molecular weight excluding hydrogens is 452 g/mol. The molecule has 2 heterocycles. The molecule has 3 rings (SSSR count). The molecule has 0 unspecified atom stereocenters. The van der Waals surface area contributed by atoms with Gasteiger partial charge in [0.2, 0.25) is 5.91 Å². The summed E-state index contributed by atoms with van der Waals surface area (Å²) in [7, 11) is 0. The molecule has 0 saturated carbocycles. The summed E-state index contributed by atoms with van der Waals surface area (Å²) in [6.07, 6.45) is -0.0866. The summed E-state index contributed by atoms with van der Waals surface area (Å²) in [4.78, 5) is 67.5. The zero-order chi connectivity index (χ0) is 26.1. The first kappa shape index (κ1) is 26.2. The van der Waals surface area contributed by atoms with Crippen molar-refractivity contribution in [2.24, 2.45) is 0 Å². The normalized spacial score (nSPS) is 16.7. The van der Waals surface area contributed by atoms with Crippen molar-refractivity contribution < 1.29 is 28.7 Å². The number of hydrogen-bond donors (Lipinski definition) is 1. The first-order valence-corrected chi connectivity index (χ1v) is 11.8. The number of imide groups is 1. The van der Waals surface area contributed by atoms with Gasteiger partial charge in [-0.05, 0) is 66.2 Å². The summed E-state index contributed by atoms with van der Waals surface area (Å²) in [6, 6.07) is 4.59. The van der Waals surface area contributed by atoms with Crippen molar-refractivity contribution in [1.29, 1.82) is 0 Å². The van der Waals surface area contributed by atoms with Gasteiger partial charge < -0.3 is 19.9 Å². The molecule has 0 bridgehead atoms. The lowest BCUT2D eigenvalue weighted by Gasteiger charge is -2.29. The minimum Gasteiger partial charge on any atom is -0.444 e. The van der Waals surface area contributed by atoms with E-state index in [0.29, 0.717) is 43.7 Å². The number of hydrogen-bond acceptors (Lipinski definition) is 6. The number of fused-ring (bicyclic) bond motifs is 1. The van der Waals surface area contributed by atoms with Crippen LogP contribution < -0.4 is 5.32 Å². The lowest BCUT2D eigenvalue weighted by molar-refractivity contribution is -0.130. The average molecular weight is 487 g/mol. The minimum absolute atomic E-state index is 0.186. The first-order valence-electron chi connectivity index (χ1n) is 11.8. The maximum atomic E-state index is 13.2. The highest BCUT2D eigenvalue weighted by atomic mass is 16.6. The second-order valence-corrected chi connectivity index (χ2v) is 10.8. The van der Waals surface area contributed by atoms with Crippen molar-refractivity contribution in [3.8, 4) is 0 Å². The molecule has 0 aromatic heterocycles. The van der Waals surface area contributed by atoms with Gasteiger partial charge in [-0.3, -0.25) is 24.1 Å². The van der Waals surface area contributed by atoms with E-state index in [-0.39, 0.29) is 29.8 Å². The molecule has 1 fully saturated rings. The second kappa shape index (κ2) is 9.67. The fraction of sp³-hybridized carbons (Fsp3) is 0.560. The Morgan fingerprint density at radius 1 is 0.886 bits per heavy atom. The number of nitrogens with zero attached hydrogens (tertiary/aromatic N) is 3. The van der Waals surface area contributed by atoms with Gasteiger partial charge >= 0.3 is 6.09 Å². The van der Waals surface area contributed by atoms with Crippen LogP contribution in [0.25, 0.3) is 0 Å². The van der Waals surface area contributed by atoms with Crippen LogP contribution in [0.2, 0.25) is 0 Å². The van der Waals surface area contributed by atoms with Crippen LogP contribution in [0, 0.1) is 0 Å². The number of rotatable bonds is 3. The third kappa shape index (κ3) is 5.98. The summed E-state index contributed by atoms with van der Waals surface area (Å²) in [5, 5.41) is 2.47. The molecule has 2 aliphatic heterocycles. The number of carbonyl (C=O) groups excluding carboxylic acids is 5. The van der Waals surface area contributed by atoms with E-state index < -0.39 is 23.1 Å². The molecule has 1 saturated heterocycles. The van der Waals surface area contributed by atoms with E-state index in [9.17, 15) is 24.0 Å². The lowest BCUT2D eigenvalue weighted by atomic mass is 10.0. The molecule has 1 aromatic rings. The average Bonchev–Trinajstić information content (AvgIpc) is 2.90. The Morgan fingerprint density at radius 3 is 2.11 bits per heavy atom. The van der Waals surface area contributed by atoms with Gasteiger partial charge in [0.15, 0.2) is 0 Å². The summed E-state index contributed by atoms with van der Waals surface area (Å²) in [6.45, 7) is 11.9. The predicted octanol–water partition coefficient (Wildman–Crippen LogP) is 2.28. The molecule has 0 aliphatic carbocycles. The smallest absolute Gasteiger partial charge is 0.408 e.